The van der Waals surface area contributed by atoms with Gasteiger partial charge in [-0.05, 0) is 12.1 Å². The van der Waals surface area contributed by atoms with Crippen LogP contribution in [-0.2, 0) is 0 Å². The maximum atomic E-state index is 10.6. The maximum absolute atomic E-state index is 10.6. The van der Waals surface area contributed by atoms with Crippen molar-refractivity contribution in [1.29, 1.82) is 0 Å². The first kappa shape index (κ1) is 14.5. The molecule has 0 fully saturated rings. The SMILES string of the molecule is Cl.Cl.NNc1cccc(C(N)=O)n1. The number of hydrogen-bond acceptors (Lipinski definition) is 4. The fraction of sp³-hybridized carbons (Fsp3) is 0. The molecule has 1 heterocycles. The van der Waals surface area contributed by atoms with Crippen molar-refractivity contribution in [1.82, 2.24) is 4.98 Å². The summed E-state index contributed by atoms with van der Waals surface area (Å²) >= 11 is 0. The van der Waals surface area contributed by atoms with Crippen LogP contribution in [0.2, 0.25) is 0 Å². The molecule has 7 heteroatoms. The third kappa shape index (κ3) is 3.93. The number of carbonyl (C=O) groups is 1. The maximum Gasteiger partial charge on any atom is 0.267 e. The van der Waals surface area contributed by atoms with E-state index >= 15 is 0 Å². The fourth-order valence-electron chi connectivity index (χ4n) is 0.652. The average Bonchev–Trinajstić information content (AvgIpc) is 2.05. The summed E-state index contributed by atoms with van der Waals surface area (Å²) in [6.07, 6.45) is 0. The number of aromatic nitrogens is 1. The van der Waals surface area contributed by atoms with E-state index in [0.717, 1.165) is 0 Å². The van der Waals surface area contributed by atoms with Gasteiger partial charge in [-0.15, -0.1) is 24.8 Å². The van der Waals surface area contributed by atoms with Crippen LogP contribution in [0.4, 0.5) is 5.82 Å². The van der Waals surface area contributed by atoms with Gasteiger partial charge in [0.2, 0.25) is 0 Å². The van der Waals surface area contributed by atoms with E-state index in [1.807, 2.05) is 0 Å². The lowest BCUT2D eigenvalue weighted by Gasteiger charge is -1.98. The molecule has 0 aliphatic heterocycles. The highest BCUT2D eigenvalue weighted by Crippen LogP contribution is 2.01. The topological polar surface area (TPSA) is 94.0 Å². The van der Waals surface area contributed by atoms with Crippen molar-refractivity contribution >= 4 is 36.5 Å². The molecular weight excluding hydrogens is 215 g/mol. The van der Waals surface area contributed by atoms with E-state index in [4.69, 9.17) is 11.6 Å². The Morgan fingerprint density at radius 3 is 2.46 bits per heavy atom. The summed E-state index contributed by atoms with van der Waals surface area (Å²) in [5, 5.41) is 0. The summed E-state index contributed by atoms with van der Waals surface area (Å²) < 4.78 is 0. The number of anilines is 1. The molecule has 13 heavy (non-hydrogen) atoms. The van der Waals surface area contributed by atoms with Gasteiger partial charge in [-0.3, -0.25) is 4.79 Å². The van der Waals surface area contributed by atoms with E-state index in [2.05, 4.69) is 10.4 Å². The van der Waals surface area contributed by atoms with Crippen molar-refractivity contribution < 1.29 is 4.79 Å². The Morgan fingerprint density at radius 2 is 2.00 bits per heavy atom. The monoisotopic (exact) mass is 224 g/mol. The fourth-order valence-corrected chi connectivity index (χ4v) is 0.652. The Kier molecular flexibility index (Phi) is 7.21. The number of hydrogen-bond donors (Lipinski definition) is 3. The molecule has 0 radical (unpaired) electrons. The van der Waals surface area contributed by atoms with Crippen LogP contribution >= 0.6 is 24.8 Å². The Morgan fingerprint density at radius 1 is 1.38 bits per heavy atom. The van der Waals surface area contributed by atoms with Gasteiger partial charge < -0.3 is 11.2 Å². The number of nitrogens with one attached hydrogen (secondary N) is 1. The highest BCUT2D eigenvalue weighted by molar-refractivity contribution is 5.91. The van der Waals surface area contributed by atoms with E-state index in [9.17, 15) is 4.79 Å². The zero-order valence-electron chi connectivity index (χ0n) is 6.56. The van der Waals surface area contributed by atoms with E-state index < -0.39 is 5.91 Å². The van der Waals surface area contributed by atoms with Crippen LogP contribution in [0, 0.1) is 0 Å². The second-order valence-electron chi connectivity index (χ2n) is 1.92. The third-order valence-corrected chi connectivity index (χ3v) is 1.15. The molecule has 1 rings (SSSR count). The highest BCUT2D eigenvalue weighted by atomic mass is 35.5. The first-order valence-electron chi connectivity index (χ1n) is 2.97. The van der Waals surface area contributed by atoms with E-state index in [1.54, 1.807) is 12.1 Å². The Bertz CT molecular complexity index is 281. The van der Waals surface area contributed by atoms with E-state index in [-0.39, 0.29) is 30.5 Å². The molecule has 1 aromatic heterocycles. The lowest BCUT2D eigenvalue weighted by Crippen LogP contribution is -2.15. The number of hydrazine groups is 1. The van der Waals surface area contributed by atoms with E-state index in [1.165, 1.54) is 6.07 Å². The molecule has 1 aromatic rings. The number of nitrogens with zero attached hydrogens (tertiary/aromatic N) is 1. The minimum absolute atomic E-state index is 0. The Hall–Kier alpha value is -1.04. The van der Waals surface area contributed by atoms with Gasteiger partial charge in [0.1, 0.15) is 11.5 Å². The van der Waals surface area contributed by atoms with Crippen LogP contribution in [0.3, 0.4) is 0 Å². The molecule has 0 aromatic carbocycles. The number of amides is 1. The van der Waals surface area contributed by atoms with Crippen LogP contribution in [0.5, 0.6) is 0 Å². The van der Waals surface area contributed by atoms with Gasteiger partial charge in [0.05, 0.1) is 0 Å². The molecule has 5 nitrogen and oxygen atoms in total. The van der Waals surface area contributed by atoms with E-state index in [0.29, 0.717) is 5.82 Å². The molecule has 74 valence electrons. The lowest BCUT2D eigenvalue weighted by molar-refractivity contribution is 0.0995. The molecule has 0 saturated carbocycles. The van der Waals surface area contributed by atoms with Crippen LogP contribution in [0.1, 0.15) is 10.5 Å². The minimum atomic E-state index is -0.568. The smallest absolute Gasteiger partial charge is 0.267 e. The van der Waals surface area contributed by atoms with Gasteiger partial charge in [-0.2, -0.15) is 0 Å². The highest BCUT2D eigenvalue weighted by Gasteiger charge is 2.00. The number of nitrogens with two attached hydrogens (primary N) is 2. The molecule has 0 aliphatic carbocycles. The Labute approximate surface area is 87.7 Å². The Balaban J connectivity index is 0. The number of carbonyl (C=O) groups excluding carboxylic acids is 1. The molecule has 0 aliphatic rings. The largest absolute Gasteiger partial charge is 0.364 e. The molecule has 0 spiro atoms. The molecule has 0 saturated heterocycles. The number of halogens is 2. The zero-order valence-corrected chi connectivity index (χ0v) is 8.19. The standard InChI is InChI=1S/C6H8N4O.2ClH/c7-6(11)4-2-1-3-5(9-4)10-8;;/h1-3H,8H2,(H2,7,11)(H,9,10);2*1H. The lowest BCUT2D eigenvalue weighted by atomic mass is 10.3. The second-order valence-corrected chi connectivity index (χ2v) is 1.92. The number of nitrogen functional groups attached to an aromatic ring is 1. The van der Waals surface area contributed by atoms with Gasteiger partial charge >= 0.3 is 0 Å². The molecular formula is C6H10Cl2N4O. The van der Waals surface area contributed by atoms with Gasteiger partial charge in [0, 0.05) is 0 Å². The summed E-state index contributed by atoms with van der Waals surface area (Å²) in [5.74, 6) is 4.90. The quantitative estimate of drug-likeness (QED) is 0.498. The number of pyridine rings is 1. The van der Waals surface area contributed by atoms with Gasteiger partial charge in [-0.1, -0.05) is 6.07 Å². The van der Waals surface area contributed by atoms with Crippen molar-refractivity contribution in [3.63, 3.8) is 0 Å². The van der Waals surface area contributed by atoms with Crippen molar-refractivity contribution in [2.24, 2.45) is 11.6 Å². The predicted molar refractivity (Wildman–Crippen MR) is 55.1 cm³/mol. The normalized spacial score (nSPS) is 7.77. The molecule has 0 bridgehead atoms. The molecule has 0 atom stereocenters. The second kappa shape index (κ2) is 6.47. The van der Waals surface area contributed by atoms with Crippen molar-refractivity contribution in [3.8, 4) is 0 Å². The summed E-state index contributed by atoms with van der Waals surface area (Å²) in [6, 6.07) is 4.79. The minimum Gasteiger partial charge on any atom is -0.364 e. The number of rotatable bonds is 2. The first-order valence-corrected chi connectivity index (χ1v) is 2.97. The van der Waals surface area contributed by atoms with Gasteiger partial charge in [0.25, 0.3) is 5.91 Å². The zero-order chi connectivity index (χ0) is 8.27. The van der Waals surface area contributed by atoms with Crippen molar-refractivity contribution in [2.45, 2.75) is 0 Å². The van der Waals surface area contributed by atoms with Crippen molar-refractivity contribution in [2.75, 3.05) is 5.43 Å². The van der Waals surface area contributed by atoms with Crippen LogP contribution < -0.4 is 17.0 Å². The van der Waals surface area contributed by atoms with Crippen LogP contribution in [0.25, 0.3) is 0 Å². The van der Waals surface area contributed by atoms with Gasteiger partial charge in [-0.25, -0.2) is 10.8 Å². The molecule has 0 unspecified atom stereocenters. The predicted octanol–water partition coefficient (Wildman–Crippen LogP) is 0.310. The summed E-state index contributed by atoms with van der Waals surface area (Å²) in [5.41, 5.74) is 7.47. The summed E-state index contributed by atoms with van der Waals surface area (Å²) in [6.45, 7) is 0. The third-order valence-electron chi connectivity index (χ3n) is 1.15. The van der Waals surface area contributed by atoms with Crippen molar-refractivity contribution in [3.05, 3.63) is 23.9 Å². The molecule has 1 amide bonds. The summed E-state index contributed by atoms with van der Waals surface area (Å²) in [4.78, 5) is 14.3. The number of primary amides is 1. The average molecular weight is 225 g/mol. The first-order chi connectivity index (χ1) is 5.24. The van der Waals surface area contributed by atoms with Gasteiger partial charge in [0.15, 0.2) is 0 Å². The molecule has 5 N–H and O–H groups in total. The van der Waals surface area contributed by atoms with Crippen LogP contribution in [-0.4, -0.2) is 10.9 Å². The van der Waals surface area contributed by atoms with Crippen LogP contribution in [0.15, 0.2) is 18.2 Å². The summed E-state index contributed by atoms with van der Waals surface area (Å²) in [7, 11) is 0.